The monoisotopic (exact) mass is 391 g/mol. The number of anilines is 2. The first-order valence-corrected chi connectivity index (χ1v) is 8.35. The summed E-state index contributed by atoms with van der Waals surface area (Å²) >= 11 is 0.888. The summed E-state index contributed by atoms with van der Waals surface area (Å²) in [5.74, 6) is -0.860. The van der Waals surface area contributed by atoms with Crippen molar-refractivity contribution in [2.24, 2.45) is 0 Å². The Morgan fingerprint density at radius 1 is 1.26 bits per heavy atom. The van der Waals surface area contributed by atoms with Crippen molar-refractivity contribution in [2.75, 3.05) is 16.8 Å². The third-order valence-corrected chi connectivity index (χ3v) is 4.42. The number of aryl methyl sites for hydroxylation is 1. The number of halogens is 3. The van der Waals surface area contributed by atoms with Crippen molar-refractivity contribution in [3.63, 3.8) is 0 Å². The van der Waals surface area contributed by atoms with Gasteiger partial charge in [0, 0.05) is 5.69 Å². The number of nitrogen functional groups attached to an aromatic ring is 1. The van der Waals surface area contributed by atoms with Gasteiger partial charge in [0.1, 0.15) is 23.0 Å². The van der Waals surface area contributed by atoms with Gasteiger partial charge in [0.15, 0.2) is 0 Å². The van der Waals surface area contributed by atoms with Gasteiger partial charge in [-0.3, -0.25) is 4.79 Å². The third-order valence-electron chi connectivity index (χ3n) is 3.42. The predicted octanol–water partition coefficient (Wildman–Crippen LogP) is 3.47. The topological polar surface area (TPSA) is 116 Å². The van der Waals surface area contributed by atoms with Crippen LogP contribution in [0.1, 0.15) is 22.3 Å². The van der Waals surface area contributed by atoms with E-state index in [-0.39, 0.29) is 39.0 Å². The van der Waals surface area contributed by atoms with Crippen LogP contribution in [0.2, 0.25) is 0 Å². The number of nitrogens with zero attached hydrogens (tertiary/aromatic N) is 3. The normalized spacial score (nSPS) is 10.7. The Balaban J connectivity index is 2.11. The van der Waals surface area contributed by atoms with E-state index < -0.39 is 17.6 Å². The molecule has 27 heavy (non-hydrogen) atoms. The van der Waals surface area contributed by atoms with Gasteiger partial charge in [-0.05, 0) is 30.7 Å². The van der Waals surface area contributed by atoms with E-state index in [9.17, 15) is 18.0 Å². The first kappa shape index (κ1) is 20.1. The highest BCUT2D eigenvalue weighted by molar-refractivity contribution is 8.00. The Bertz CT molecular complexity index is 976. The molecule has 6 nitrogen and oxygen atoms in total. The molecule has 2 rings (SSSR count). The molecule has 1 aromatic carbocycles. The number of aromatic nitrogens is 1. The maximum Gasteiger partial charge on any atom is 0.416 e. The van der Waals surface area contributed by atoms with Gasteiger partial charge < -0.3 is 11.1 Å². The second kappa shape index (κ2) is 7.98. The third kappa shape index (κ3) is 4.90. The number of carbonyl (C=O) groups is 1. The van der Waals surface area contributed by atoms with Crippen LogP contribution in [0.15, 0.2) is 29.3 Å². The van der Waals surface area contributed by atoms with E-state index in [2.05, 4.69) is 10.3 Å². The van der Waals surface area contributed by atoms with Crippen LogP contribution >= 0.6 is 11.8 Å². The van der Waals surface area contributed by atoms with Crippen LogP contribution in [0, 0.1) is 29.6 Å². The molecule has 0 unspecified atom stereocenters. The molecule has 0 saturated heterocycles. The molecule has 3 N–H and O–H groups in total. The maximum atomic E-state index is 12.9. The van der Waals surface area contributed by atoms with Gasteiger partial charge in [-0.25, -0.2) is 4.98 Å². The Morgan fingerprint density at radius 3 is 2.52 bits per heavy atom. The molecular formula is C17H12F3N5OS. The fourth-order valence-electron chi connectivity index (χ4n) is 2.13. The lowest BCUT2D eigenvalue weighted by atomic mass is 10.1. The number of pyridine rings is 1. The van der Waals surface area contributed by atoms with Gasteiger partial charge in [-0.1, -0.05) is 17.8 Å². The van der Waals surface area contributed by atoms with Gasteiger partial charge in [-0.2, -0.15) is 23.7 Å². The lowest BCUT2D eigenvalue weighted by Gasteiger charge is -2.13. The van der Waals surface area contributed by atoms with Gasteiger partial charge >= 0.3 is 6.18 Å². The number of hydrogen-bond acceptors (Lipinski definition) is 6. The summed E-state index contributed by atoms with van der Waals surface area (Å²) < 4.78 is 38.8. The molecule has 10 heteroatoms. The van der Waals surface area contributed by atoms with E-state index in [0.717, 1.165) is 17.8 Å². The van der Waals surface area contributed by atoms with Crippen molar-refractivity contribution < 1.29 is 18.0 Å². The average Bonchev–Trinajstić information content (AvgIpc) is 2.60. The van der Waals surface area contributed by atoms with Crippen molar-refractivity contribution in [1.29, 1.82) is 10.5 Å². The zero-order chi connectivity index (χ0) is 20.2. The zero-order valence-corrected chi connectivity index (χ0v) is 14.7. The summed E-state index contributed by atoms with van der Waals surface area (Å²) in [5, 5.41) is 20.5. The first-order valence-electron chi connectivity index (χ1n) is 7.37. The summed E-state index contributed by atoms with van der Waals surface area (Å²) in [7, 11) is 0. The number of hydrogen-bond donors (Lipinski definition) is 2. The molecule has 0 saturated carbocycles. The van der Waals surface area contributed by atoms with Gasteiger partial charge in [-0.15, -0.1) is 0 Å². The molecule has 1 aromatic heterocycles. The molecule has 0 fully saturated rings. The fourth-order valence-corrected chi connectivity index (χ4v) is 2.89. The Hall–Kier alpha value is -3.24. The van der Waals surface area contributed by atoms with E-state index in [4.69, 9.17) is 16.3 Å². The largest absolute Gasteiger partial charge is 0.416 e. The number of alkyl halides is 3. The minimum Gasteiger partial charge on any atom is -0.383 e. The second-order valence-corrected chi connectivity index (χ2v) is 6.33. The van der Waals surface area contributed by atoms with Gasteiger partial charge in [0.25, 0.3) is 0 Å². The average molecular weight is 391 g/mol. The van der Waals surface area contributed by atoms with E-state index in [1.165, 1.54) is 25.1 Å². The molecule has 0 aliphatic rings. The summed E-state index contributed by atoms with van der Waals surface area (Å²) in [6.45, 7) is 1.33. The van der Waals surface area contributed by atoms with Crippen LogP contribution in [0.4, 0.5) is 24.7 Å². The van der Waals surface area contributed by atoms with Crippen LogP contribution in [-0.2, 0) is 11.0 Å². The fraction of sp³-hybridized carbons (Fsp3) is 0.176. The lowest BCUT2D eigenvalue weighted by molar-refractivity contribution is -0.138. The molecule has 0 spiro atoms. The molecule has 0 radical (unpaired) electrons. The van der Waals surface area contributed by atoms with Gasteiger partial charge in [0.2, 0.25) is 5.91 Å². The van der Waals surface area contributed by atoms with Crippen molar-refractivity contribution >= 4 is 29.2 Å². The summed E-state index contributed by atoms with van der Waals surface area (Å²) in [6, 6.07) is 8.40. The summed E-state index contributed by atoms with van der Waals surface area (Å²) in [6.07, 6.45) is -4.52. The predicted molar refractivity (Wildman–Crippen MR) is 93.6 cm³/mol. The Labute approximate surface area is 156 Å². The maximum absolute atomic E-state index is 12.9. The zero-order valence-electron chi connectivity index (χ0n) is 13.9. The first-order chi connectivity index (χ1) is 12.7. The quantitative estimate of drug-likeness (QED) is 0.771. The molecule has 0 bridgehead atoms. The summed E-state index contributed by atoms with van der Waals surface area (Å²) in [5.41, 5.74) is 4.93. The van der Waals surface area contributed by atoms with Crippen molar-refractivity contribution in [1.82, 2.24) is 4.98 Å². The number of nitrogens with two attached hydrogens (primary N) is 1. The highest BCUT2D eigenvalue weighted by atomic mass is 32.2. The number of thioether (sulfide) groups is 1. The highest BCUT2D eigenvalue weighted by Crippen LogP contribution is 2.33. The standard InChI is InChI=1S/C17H12F3N5OS/c1-9-2-3-12(5-13(9)17(18,19)20)24-14(26)8-27-16-11(7-22)4-10(6-21)15(23)25-16/h2-5H,8H2,1H3,(H2,23,25)(H,24,26). The number of nitrogens with one attached hydrogen (secondary N) is 1. The van der Waals surface area contributed by atoms with Crippen LogP contribution in [-0.4, -0.2) is 16.6 Å². The molecule has 0 aliphatic carbocycles. The van der Waals surface area contributed by atoms with E-state index in [1.807, 2.05) is 6.07 Å². The van der Waals surface area contributed by atoms with Crippen LogP contribution < -0.4 is 11.1 Å². The molecule has 0 aliphatic heterocycles. The number of nitriles is 2. The van der Waals surface area contributed by atoms with Crippen LogP contribution in [0.3, 0.4) is 0 Å². The number of amides is 1. The molecule has 138 valence electrons. The lowest BCUT2D eigenvalue weighted by Crippen LogP contribution is -2.16. The molecular weight excluding hydrogens is 379 g/mol. The Kier molecular flexibility index (Phi) is 5.93. The number of benzene rings is 1. The van der Waals surface area contributed by atoms with E-state index in [1.54, 1.807) is 6.07 Å². The smallest absolute Gasteiger partial charge is 0.383 e. The number of carbonyl (C=O) groups excluding carboxylic acids is 1. The molecule has 0 atom stereocenters. The summed E-state index contributed by atoms with van der Waals surface area (Å²) in [4.78, 5) is 16.0. The molecule has 1 heterocycles. The van der Waals surface area contributed by atoms with Gasteiger partial charge in [0.05, 0.1) is 22.4 Å². The van der Waals surface area contributed by atoms with Crippen molar-refractivity contribution in [3.8, 4) is 12.1 Å². The van der Waals surface area contributed by atoms with Crippen LogP contribution in [0.25, 0.3) is 0 Å². The van der Waals surface area contributed by atoms with Crippen LogP contribution in [0.5, 0.6) is 0 Å². The minimum atomic E-state index is -4.52. The molecule has 1 amide bonds. The van der Waals surface area contributed by atoms with E-state index in [0.29, 0.717) is 0 Å². The highest BCUT2D eigenvalue weighted by Gasteiger charge is 2.32. The minimum absolute atomic E-state index is 0.00586. The van der Waals surface area contributed by atoms with E-state index >= 15 is 0 Å². The Morgan fingerprint density at radius 2 is 1.93 bits per heavy atom. The van der Waals surface area contributed by atoms with Crippen molar-refractivity contribution in [3.05, 3.63) is 46.5 Å². The number of rotatable bonds is 4. The van der Waals surface area contributed by atoms with Crippen molar-refractivity contribution in [2.45, 2.75) is 18.1 Å². The SMILES string of the molecule is Cc1ccc(NC(=O)CSc2nc(N)c(C#N)cc2C#N)cc1C(F)(F)F. The second-order valence-electron chi connectivity index (χ2n) is 5.36. The molecule has 2 aromatic rings.